The van der Waals surface area contributed by atoms with Gasteiger partial charge in [0, 0.05) is 13.1 Å². The van der Waals surface area contributed by atoms with Gasteiger partial charge in [-0.2, -0.15) is 0 Å². The highest BCUT2D eigenvalue weighted by molar-refractivity contribution is 5.81. The fourth-order valence-electron chi connectivity index (χ4n) is 2.12. The van der Waals surface area contributed by atoms with E-state index < -0.39 is 11.7 Å². The van der Waals surface area contributed by atoms with Crippen LogP contribution in [0.3, 0.4) is 0 Å². The highest BCUT2D eigenvalue weighted by Gasteiger charge is 2.30. The standard InChI is InChI=1S/C14H22N2O4/c1-10-4-5-12(20-10)14(2,18)9-15-13(17)11-8-16(3)6-7-19-11/h4-5,11,18H,6-9H2,1-3H3,(H,15,17). The first kappa shape index (κ1) is 15.0. The number of nitrogens with one attached hydrogen (secondary N) is 1. The SMILES string of the molecule is Cc1ccc(C(C)(O)CNC(=O)C2CN(C)CCO2)o1. The van der Waals surface area contributed by atoms with Crippen molar-refractivity contribution in [3.05, 3.63) is 23.7 Å². The summed E-state index contributed by atoms with van der Waals surface area (Å²) in [6.07, 6.45) is -0.483. The molecule has 112 valence electrons. The zero-order chi connectivity index (χ0) is 14.8. The number of morpholine rings is 1. The molecule has 1 saturated heterocycles. The maximum atomic E-state index is 12.0. The van der Waals surface area contributed by atoms with Gasteiger partial charge in [0.05, 0.1) is 13.2 Å². The number of carbonyl (C=O) groups excluding carboxylic acids is 1. The summed E-state index contributed by atoms with van der Waals surface area (Å²) in [6, 6.07) is 3.50. The predicted molar refractivity (Wildman–Crippen MR) is 73.3 cm³/mol. The van der Waals surface area contributed by atoms with Crippen molar-refractivity contribution in [1.29, 1.82) is 0 Å². The van der Waals surface area contributed by atoms with Crippen LogP contribution in [0.15, 0.2) is 16.5 Å². The van der Waals surface area contributed by atoms with E-state index >= 15 is 0 Å². The van der Waals surface area contributed by atoms with Crippen molar-refractivity contribution >= 4 is 5.91 Å². The second kappa shape index (κ2) is 5.95. The molecule has 2 heterocycles. The minimum atomic E-state index is -1.23. The number of hydrogen-bond donors (Lipinski definition) is 2. The van der Waals surface area contributed by atoms with Crippen LogP contribution in [-0.2, 0) is 15.1 Å². The summed E-state index contributed by atoms with van der Waals surface area (Å²) in [7, 11) is 1.95. The quantitative estimate of drug-likeness (QED) is 0.827. The van der Waals surface area contributed by atoms with E-state index in [1.165, 1.54) is 0 Å². The largest absolute Gasteiger partial charge is 0.463 e. The fraction of sp³-hybridized carbons (Fsp3) is 0.643. The third kappa shape index (κ3) is 3.59. The van der Waals surface area contributed by atoms with Crippen molar-refractivity contribution in [3.8, 4) is 0 Å². The first-order valence-corrected chi connectivity index (χ1v) is 6.75. The Morgan fingerprint density at radius 3 is 2.95 bits per heavy atom. The molecular formula is C14H22N2O4. The van der Waals surface area contributed by atoms with Crippen molar-refractivity contribution < 1.29 is 19.1 Å². The monoisotopic (exact) mass is 282 g/mol. The van der Waals surface area contributed by atoms with Gasteiger partial charge in [-0.15, -0.1) is 0 Å². The summed E-state index contributed by atoms with van der Waals surface area (Å²) in [4.78, 5) is 14.1. The van der Waals surface area contributed by atoms with Crippen molar-refractivity contribution in [2.45, 2.75) is 25.6 Å². The lowest BCUT2D eigenvalue weighted by Crippen LogP contribution is -2.50. The minimum absolute atomic E-state index is 0.0857. The van der Waals surface area contributed by atoms with Crippen molar-refractivity contribution in [2.24, 2.45) is 0 Å². The molecule has 0 aromatic carbocycles. The molecule has 1 aromatic rings. The fourth-order valence-corrected chi connectivity index (χ4v) is 2.12. The topological polar surface area (TPSA) is 74.9 Å². The molecule has 6 heteroatoms. The molecule has 2 N–H and O–H groups in total. The third-order valence-corrected chi connectivity index (χ3v) is 3.44. The Morgan fingerprint density at radius 2 is 2.35 bits per heavy atom. The van der Waals surface area contributed by atoms with E-state index in [-0.39, 0.29) is 12.5 Å². The summed E-state index contributed by atoms with van der Waals surface area (Å²) < 4.78 is 10.8. The van der Waals surface area contributed by atoms with E-state index in [0.717, 1.165) is 12.3 Å². The number of likely N-dealkylation sites (N-methyl/N-ethyl adjacent to an activating group) is 1. The van der Waals surface area contributed by atoms with Crippen LogP contribution < -0.4 is 5.32 Å². The summed E-state index contributed by atoms with van der Waals surface area (Å²) in [5.41, 5.74) is -1.23. The first-order chi connectivity index (χ1) is 9.38. The van der Waals surface area contributed by atoms with Gasteiger partial charge in [-0.1, -0.05) is 0 Å². The van der Waals surface area contributed by atoms with Gasteiger partial charge in [-0.05, 0) is 33.0 Å². The molecule has 0 bridgehead atoms. The van der Waals surface area contributed by atoms with Crippen molar-refractivity contribution in [1.82, 2.24) is 10.2 Å². The highest BCUT2D eigenvalue weighted by Crippen LogP contribution is 2.22. The maximum Gasteiger partial charge on any atom is 0.250 e. The van der Waals surface area contributed by atoms with E-state index in [4.69, 9.17) is 9.15 Å². The molecule has 6 nitrogen and oxygen atoms in total. The number of carbonyl (C=O) groups is 1. The molecule has 1 aromatic heterocycles. The Hall–Kier alpha value is -1.37. The lowest BCUT2D eigenvalue weighted by Gasteiger charge is -2.30. The van der Waals surface area contributed by atoms with Gasteiger partial charge in [-0.3, -0.25) is 4.79 Å². The van der Waals surface area contributed by atoms with E-state index in [2.05, 4.69) is 5.32 Å². The molecule has 2 atom stereocenters. The number of nitrogens with zero attached hydrogens (tertiary/aromatic N) is 1. The number of hydrogen-bond acceptors (Lipinski definition) is 5. The Labute approximate surface area is 118 Å². The molecule has 1 aliphatic rings. The summed E-state index contributed by atoms with van der Waals surface area (Å²) >= 11 is 0. The zero-order valence-electron chi connectivity index (χ0n) is 12.2. The third-order valence-electron chi connectivity index (χ3n) is 3.44. The molecule has 2 rings (SSSR count). The van der Waals surface area contributed by atoms with Crippen LogP contribution in [0, 0.1) is 6.92 Å². The van der Waals surface area contributed by atoms with Crippen LogP contribution in [0.2, 0.25) is 0 Å². The van der Waals surface area contributed by atoms with Gasteiger partial charge in [0.2, 0.25) is 0 Å². The minimum Gasteiger partial charge on any atom is -0.463 e. The lowest BCUT2D eigenvalue weighted by molar-refractivity contribution is -0.139. The average Bonchev–Trinajstić information content (AvgIpc) is 2.83. The summed E-state index contributed by atoms with van der Waals surface area (Å²) in [5.74, 6) is 0.959. The van der Waals surface area contributed by atoms with Crippen LogP contribution in [0.4, 0.5) is 0 Å². The molecule has 0 radical (unpaired) electrons. The average molecular weight is 282 g/mol. The number of aryl methyl sites for hydroxylation is 1. The number of ether oxygens (including phenoxy) is 1. The molecule has 0 aliphatic carbocycles. The number of aliphatic hydroxyl groups is 1. The Morgan fingerprint density at radius 1 is 1.60 bits per heavy atom. The van der Waals surface area contributed by atoms with Gasteiger partial charge >= 0.3 is 0 Å². The molecule has 1 fully saturated rings. The Bertz CT molecular complexity index is 469. The molecule has 2 unspecified atom stereocenters. The van der Waals surface area contributed by atoms with Gasteiger partial charge in [0.25, 0.3) is 5.91 Å². The van der Waals surface area contributed by atoms with Gasteiger partial charge in [-0.25, -0.2) is 0 Å². The van der Waals surface area contributed by atoms with Gasteiger partial charge < -0.3 is 24.5 Å². The number of amides is 1. The normalized spacial score (nSPS) is 23.3. The van der Waals surface area contributed by atoms with Crippen LogP contribution >= 0.6 is 0 Å². The Balaban J connectivity index is 1.89. The van der Waals surface area contributed by atoms with E-state index in [9.17, 15) is 9.90 Å². The predicted octanol–water partition coefficient (Wildman–Crippen LogP) is 0.242. The molecule has 1 amide bonds. The van der Waals surface area contributed by atoms with Gasteiger partial charge in [0.1, 0.15) is 23.2 Å². The highest BCUT2D eigenvalue weighted by atomic mass is 16.5. The van der Waals surface area contributed by atoms with Crippen LogP contribution in [0.5, 0.6) is 0 Å². The van der Waals surface area contributed by atoms with Gasteiger partial charge in [0.15, 0.2) is 0 Å². The number of rotatable bonds is 4. The van der Waals surface area contributed by atoms with E-state index in [1.54, 1.807) is 19.1 Å². The number of furan rings is 1. The van der Waals surface area contributed by atoms with Crippen LogP contribution in [0.25, 0.3) is 0 Å². The molecular weight excluding hydrogens is 260 g/mol. The second-order valence-electron chi connectivity index (χ2n) is 5.52. The zero-order valence-corrected chi connectivity index (χ0v) is 12.2. The summed E-state index contributed by atoms with van der Waals surface area (Å²) in [5, 5.41) is 13.1. The Kier molecular flexibility index (Phi) is 4.47. The van der Waals surface area contributed by atoms with Crippen molar-refractivity contribution in [3.63, 3.8) is 0 Å². The smallest absolute Gasteiger partial charge is 0.250 e. The molecule has 0 spiro atoms. The van der Waals surface area contributed by atoms with Crippen LogP contribution in [0.1, 0.15) is 18.4 Å². The summed E-state index contributed by atoms with van der Waals surface area (Å²) in [6.45, 7) is 5.44. The van der Waals surface area contributed by atoms with Crippen molar-refractivity contribution in [2.75, 3.05) is 33.3 Å². The molecule has 1 aliphatic heterocycles. The second-order valence-corrected chi connectivity index (χ2v) is 5.52. The molecule has 0 saturated carbocycles. The lowest BCUT2D eigenvalue weighted by atomic mass is 10.0. The van der Waals surface area contributed by atoms with E-state index in [0.29, 0.717) is 18.9 Å². The van der Waals surface area contributed by atoms with Crippen LogP contribution in [-0.4, -0.2) is 55.3 Å². The first-order valence-electron chi connectivity index (χ1n) is 6.75. The van der Waals surface area contributed by atoms with E-state index in [1.807, 2.05) is 18.9 Å². The molecule has 20 heavy (non-hydrogen) atoms. The maximum absolute atomic E-state index is 12.0.